The minimum absolute atomic E-state index is 0. The fourth-order valence-corrected chi connectivity index (χ4v) is 3.44. The van der Waals surface area contributed by atoms with Gasteiger partial charge < -0.3 is 4.57 Å². The quantitative estimate of drug-likeness (QED) is 0.201. The van der Waals surface area contributed by atoms with E-state index in [2.05, 4.69) is 71.3 Å². The second-order valence-electron chi connectivity index (χ2n) is 5.33. The normalized spacial score (nSPS) is 8.06. The maximum atomic E-state index is 3.10. The van der Waals surface area contributed by atoms with Crippen LogP contribution >= 0.6 is 0 Å². The molecule has 0 aliphatic carbocycles. The second-order valence-corrected chi connectivity index (χ2v) is 5.33. The van der Waals surface area contributed by atoms with E-state index in [1.54, 1.807) is 0 Å². The van der Waals surface area contributed by atoms with Crippen molar-refractivity contribution in [3.05, 3.63) is 77.9 Å². The van der Waals surface area contributed by atoms with Crippen LogP contribution in [0.5, 0.6) is 0 Å². The van der Waals surface area contributed by atoms with Gasteiger partial charge in [0.05, 0.1) is 16.7 Å². The molecule has 0 fully saturated rings. The van der Waals surface area contributed by atoms with E-state index >= 15 is 0 Å². The molecule has 1 aromatic heterocycles. The Morgan fingerprint density at radius 2 is 1.00 bits per heavy atom. The first kappa shape index (κ1) is 43.4. The summed E-state index contributed by atoms with van der Waals surface area (Å²) in [5.41, 5.74) is 6.58. The van der Waals surface area contributed by atoms with Gasteiger partial charge in [-0.05, 0) is 23.3 Å². The Bertz CT molecular complexity index is 976. The van der Waals surface area contributed by atoms with Crippen molar-refractivity contribution in [2.75, 3.05) is 0 Å². The van der Waals surface area contributed by atoms with Crippen molar-refractivity contribution in [3.8, 4) is 5.69 Å². The molecule has 1 heteroatoms. The van der Waals surface area contributed by atoms with Gasteiger partial charge in [0.25, 0.3) is 0 Å². The maximum absolute atomic E-state index is 3.10. The van der Waals surface area contributed by atoms with Crippen LogP contribution in [0.2, 0.25) is 0 Å². The van der Waals surface area contributed by atoms with Gasteiger partial charge in [-0.1, -0.05) is 160 Å². The molecule has 0 unspecified atom stereocenters. The molecule has 0 saturated carbocycles. The molecule has 0 N–H and O–H groups in total. The van der Waals surface area contributed by atoms with E-state index in [4.69, 9.17) is 0 Å². The highest BCUT2D eigenvalue weighted by molar-refractivity contribution is 6.10. The van der Waals surface area contributed by atoms with Crippen molar-refractivity contribution in [3.63, 3.8) is 0 Å². The van der Waals surface area contributed by atoms with Crippen molar-refractivity contribution in [1.82, 2.24) is 4.57 Å². The molecule has 36 heavy (non-hydrogen) atoms. The molecule has 0 atom stereocenters. The van der Waals surface area contributed by atoms with E-state index in [0.717, 1.165) is 6.42 Å². The molecule has 2 heterocycles. The predicted molar refractivity (Wildman–Crippen MR) is 174 cm³/mol. The summed E-state index contributed by atoms with van der Waals surface area (Å²) in [5, 5.41) is 2.67. The molecule has 0 bridgehead atoms. The van der Waals surface area contributed by atoms with E-state index in [9.17, 15) is 0 Å². The summed E-state index contributed by atoms with van der Waals surface area (Å²) < 4.78 is 2.38. The van der Waals surface area contributed by atoms with E-state index in [0.29, 0.717) is 0 Å². The average Bonchev–Trinajstić information content (AvgIpc) is 3.33. The Labute approximate surface area is 228 Å². The first-order valence-electron chi connectivity index (χ1n) is 13.9. The monoisotopic (exact) mass is 495 g/mol. The third-order valence-electron chi connectivity index (χ3n) is 4.27. The van der Waals surface area contributed by atoms with E-state index in [1.165, 1.54) is 38.6 Å². The fraction of sp³-hybridized carbons (Fsp3) is 0.486. The van der Waals surface area contributed by atoms with Crippen LogP contribution in [0.3, 0.4) is 0 Å². The standard InChI is InChI=1S/C19H11N.7C2H6.2CH4/c1-3-10-17-13(6-1)12-14-7-5-9-16-15-8-2-4-11-18(15)20(17)19(14)16;7*1-2;;/h2,4-11H,12H2;7*1-2H3;2*1H4. The molecule has 0 spiro atoms. The van der Waals surface area contributed by atoms with Crippen molar-refractivity contribution in [2.45, 2.75) is 118 Å². The average molecular weight is 496 g/mol. The highest BCUT2D eigenvalue weighted by atomic mass is 15.0. The predicted octanol–water partition coefficient (Wildman–Crippen LogP) is 12.7. The molecule has 3 aromatic carbocycles. The van der Waals surface area contributed by atoms with E-state index in [-0.39, 0.29) is 14.9 Å². The van der Waals surface area contributed by atoms with Crippen molar-refractivity contribution < 1.29 is 0 Å². The number of aromatic nitrogens is 1. The molecule has 0 amide bonds. The van der Waals surface area contributed by atoms with Gasteiger partial charge in [-0.2, -0.15) is 0 Å². The van der Waals surface area contributed by atoms with Crippen LogP contribution < -0.4 is 0 Å². The van der Waals surface area contributed by atoms with Crippen LogP contribution in [0.25, 0.3) is 27.5 Å². The van der Waals surface area contributed by atoms with Crippen LogP contribution in [-0.4, -0.2) is 4.57 Å². The zero-order valence-corrected chi connectivity index (χ0v) is 24.9. The Hall–Kier alpha value is -2.72. The number of hydrogen-bond acceptors (Lipinski definition) is 0. The number of benzene rings is 2. The van der Waals surface area contributed by atoms with Crippen molar-refractivity contribution >= 4 is 21.8 Å². The SMILES string of the molecule is C.C.CC.CC.CC.CC.CC.CC.CC.c1cc2c(cc#1)-n1c3ccccc3c3cccc(c31)C2. The van der Waals surface area contributed by atoms with Crippen LogP contribution in [0.4, 0.5) is 0 Å². The molecular formula is C35H61N. The van der Waals surface area contributed by atoms with Crippen molar-refractivity contribution in [2.24, 2.45) is 0 Å². The van der Waals surface area contributed by atoms with Gasteiger partial charge in [-0.3, -0.25) is 0 Å². The number of rotatable bonds is 0. The first-order chi connectivity index (χ1) is 16.9. The number of nitrogens with zero attached hydrogens (tertiary/aromatic N) is 1. The molecular weight excluding hydrogens is 434 g/mol. The van der Waals surface area contributed by atoms with Crippen LogP contribution in [0.15, 0.2) is 54.6 Å². The highest BCUT2D eigenvalue weighted by Crippen LogP contribution is 2.38. The lowest BCUT2D eigenvalue weighted by atomic mass is 9.98. The van der Waals surface area contributed by atoms with Gasteiger partial charge in [-0.15, -0.1) is 0 Å². The summed E-state index contributed by atoms with van der Waals surface area (Å²) in [6.45, 7) is 28.0. The fourth-order valence-electron chi connectivity index (χ4n) is 3.44. The Kier molecular flexibility index (Phi) is 34.3. The summed E-state index contributed by atoms with van der Waals surface area (Å²) in [7, 11) is 0. The zero-order valence-electron chi connectivity index (χ0n) is 24.9. The minimum Gasteiger partial charge on any atom is -0.308 e. The summed E-state index contributed by atoms with van der Waals surface area (Å²) in [4.78, 5) is 0. The highest BCUT2D eigenvalue weighted by Gasteiger charge is 2.20. The first-order valence-corrected chi connectivity index (χ1v) is 13.9. The molecule has 206 valence electrons. The molecule has 0 saturated heterocycles. The summed E-state index contributed by atoms with van der Waals surface area (Å²) in [6.07, 6.45) is 0.980. The summed E-state index contributed by atoms with van der Waals surface area (Å²) >= 11 is 0. The van der Waals surface area contributed by atoms with E-state index < -0.39 is 0 Å². The maximum Gasteiger partial charge on any atom is 0.0587 e. The molecule has 0 radical (unpaired) electrons. The molecule has 5 rings (SSSR count). The lowest BCUT2D eigenvalue weighted by Crippen LogP contribution is -2.06. The molecule has 1 aliphatic rings. The number of para-hydroxylation sites is 2. The van der Waals surface area contributed by atoms with Crippen LogP contribution in [-0.2, 0) is 6.42 Å². The van der Waals surface area contributed by atoms with Gasteiger partial charge in [0.15, 0.2) is 0 Å². The smallest absolute Gasteiger partial charge is 0.0587 e. The van der Waals surface area contributed by atoms with Gasteiger partial charge in [0, 0.05) is 23.3 Å². The van der Waals surface area contributed by atoms with Gasteiger partial charge >= 0.3 is 0 Å². The van der Waals surface area contributed by atoms with Gasteiger partial charge in [0.1, 0.15) is 0 Å². The Morgan fingerprint density at radius 1 is 0.528 bits per heavy atom. The lowest BCUT2D eigenvalue weighted by Gasteiger charge is -2.19. The van der Waals surface area contributed by atoms with Crippen LogP contribution in [0, 0.1) is 12.1 Å². The zero-order chi connectivity index (χ0) is 27.1. The van der Waals surface area contributed by atoms with Crippen LogP contribution in [0.1, 0.15) is 123 Å². The second kappa shape index (κ2) is 28.5. The number of fused-ring (bicyclic) bond motifs is 5. The largest absolute Gasteiger partial charge is 0.308 e. The number of hydrogen-bond donors (Lipinski definition) is 0. The van der Waals surface area contributed by atoms with Crippen molar-refractivity contribution in [1.29, 1.82) is 0 Å². The van der Waals surface area contributed by atoms with E-state index in [1.807, 2.05) is 96.9 Å². The molecule has 1 aliphatic heterocycles. The summed E-state index contributed by atoms with van der Waals surface area (Å²) in [5.74, 6) is 0. The lowest BCUT2D eigenvalue weighted by molar-refractivity contribution is 1.05. The third kappa shape index (κ3) is 10.1. The Balaban J connectivity index is -0.000000176. The third-order valence-corrected chi connectivity index (χ3v) is 4.27. The summed E-state index contributed by atoms with van der Waals surface area (Å²) in [6, 6.07) is 25.6. The molecule has 4 aromatic rings. The van der Waals surface area contributed by atoms with Gasteiger partial charge in [0.2, 0.25) is 0 Å². The Morgan fingerprint density at radius 3 is 1.56 bits per heavy atom. The van der Waals surface area contributed by atoms with Gasteiger partial charge in [-0.25, -0.2) is 0 Å². The minimum atomic E-state index is 0. The topological polar surface area (TPSA) is 4.93 Å². The molecule has 1 nitrogen and oxygen atoms in total.